The van der Waals surface area contributed by atoms with E-state index >= 15 is 0 Å². The topological polar surface area (TPSA) is 79.3 Å². The molecule has 1 heterocycles. The summed E-state index contributed by atoms with van der Waals surface area (Å²) in [5, 5.41) is 15.9. The van der Waals surface area contributed by atoms with Gasteiger partial charge in [0.15, 0.2) is 0 Å². The number of para-hydroxylation sites is 1. The van der Waals surface area contributed by atoms with Gasteiger partial charge in [-0.05, 0) is 30.2 Å². The number of nitrogens with zero attached hydrogens (tertiary/aromatic N) is 2. The number of nitrogens with one attached hydrogen (secondary N) is 2. The zero-order chi connectivity index (χ0) is 22.4. The predicted octanol–water partition coefficient (Wildman–Crippen LogP) is 5.21. The number of benzene rings is 2. The first-order chi connectivity index (χ1) is 14.7. The molecule has 9 heteroatoms. The highest BCUT2D eigenvalue weighted by molar-refractivity contribution is 5.68. The van der Waals surface area contributed by atoms with Crippen LogP contribution in [0.25, 0.3) is 11.3 Å². The van der Waals surface area contributed by atoms with Gasteiger partial charge < -0.3 is 20.5 Å². The fourth-order valence-electron chi connectivity index (χ4n) is 2.83. The van der Waals surface area contributed by atoms with Gasteiger partial charge in [0.2, 0.25) is 5.95 Å². The summed E-state index contributed by atoms with van der Waals surface area (Å²) in [6.07, 6.45) is -4.79. The molecule has 0 spiro atoms. The summed E-state index contributed by atoms with van der Waals surface area (Å²) in [7, 11) is 0. The van der Waals surface area contributed by atoms with Gasteiger partial charge in [-0.1, -0.05) is 44.2 Å². The second-order valence-corrected chi connectivity index (χ2v) is 7.21. The van der Waals surface area contributed by atoms with Crippen molar-refractivity contribution in [3.05, 3.63) is 60.7 Å². The van der Waals surface area contributed by atoms with Crippen molar-refractivity contribution in [1.82, 2.24) is 9.97 Å². The Kier molecular flexibility index (Phi) is 6.96. The molecule has 1 atom stereocenters. The average Bonchev–Trinajstić information content (AvgIpc) is 2.71. The minimum Gasteiger partial charge on any atom is -0.406 e. The molecule has 3 rings (SSSR count). The van der Waals surface area contributed by atoms with E-state index in [2.05, 4.69) is 25.3 Å². The van der Waals surface area contributed by atoms with Crippen LogP contribution in [-0.4, -0.2) is 34.1 Å². The van der Waals surface area contributed by atoms with Crippen molar-refractivity contribution in [2.45, 2.75) is 26.3 Å². The van der Waals surface area contributed by atoms with Crippen molar-refractivity contribution < 1.29 is 23.0 Å². The zero-order valence-corrected chi connectivity index (χ0v) is 17.0. The molecule has 0 saturated heterocycles. The van der Waals surface area contributed by atoms with E-state index in [-0.39, 0.29) is 30.3 Å². The fraction of sp³-hybridized carbons (Fsp3) is 0.273. The molecule has 0 amide bonds. The Hall–Kier alpha value is -3.33. The largest absolute Gasteiger partial charge is 0.573 e. The number of halogens is 3. The summed E-state index contributed by atoms with van der Waals surface area (Å²) in [6, 6.07) is 16.2. The first-order valence-corrected chi connectivity index (χ1v) is 9.68. The lowest BCUT2D eigenvalue weighted by atomic mass is 10.1. The van der Waals surface area contributed by atoms with Crippen molar-refractivity contribution >= 4 is 17.5 Å². The molecule has 0 aliphatic carbocycles. The Labute approximate surface area is 178 Å². The first-order valence-electron chi connectivity index (χ1n) is 9.68. The molecular formula is C22H23F3N4O2. The van der Waals surface area contributed by atoms with Crippen molar-refractivity contribution in [2.75, 3.05) is 17.2 Å². The molecule has 6 nitrogen and oxygen atoms in total. The van der Waals surface area contributed by atoms with E-state index in [9.17, 15) is 18.3 Å². The van der Waals surface area contributed by atoms with E-state index in [1.807, 2.05) is 44.2 Å². The van der Waals surface area contributed by atoms with E-state index in [4.69, 9.17) is 0 Å². The van der Waals surface area contributed by atoms with Gasteiger partial charge in [0.05, 0.1) is 18.3 Å². The van der Waals surface area contributed by atoms with Crippen molar-refractivity contribution in [3.8, 4) is 17.0 Å². The van der Waals surface area contributed by atoms with Crippen LogP contribution in [0.4, 0.5) is 30.6 Å². The van der Waals surface area contributed by atoms with Gasteiger partial charge in [0, 0.05) is 17.3 Å². The monoisotopic (exact) mass is 432 g/mol. The van der Waals surface area contributed by atoms with E-state index in [1.165, 1.54) is 18.2 Å². The van der Waals surface area contributed by atoms with Gasteiger partial charge in [-0.15, -0.1) is 13.2 Å². The summed E-state index contributed by atoms with van der Waals surface area (Å²) < 4.78 is 41.9. The molecule has 0 bridgehead atoms. The zero-order valence-electron chi connectivity index (χ0n) is 17.0. The lowest BCUT2D eigenvalue weighted by Crippen LogP contribution is -2.30. The number of aliphatic hydroxyl groups is 1. The summed E-state index contributed by atoms with van der Waals surface area (Å²) in [5.74, 6) is 0.449. The Morgan fingerprint density at radius 1 is 1.00 bits per heavy atom. The minimum atomic E-state index is -4.79. The third kappa shape index (κ3) is 6.58. The van der Waals surface area contributed by atoms with Crippen LogP contribution in [0.2, 0.25) is 0 Å². The molecule has 164 valence electrons. The van der Waals surface area contributed by atoms with Crippen LogP contribution in [0.3, 0.4) is 0 Å². The SMILES string of the molecule is CC(C)[C@H](CO)Nc1nc(Nc2ccccc2)cc(-c2cccc(OC(F)(F)F)c2)n1. The third-order valence-corrected chi connectivity index (χ3v) is 4.45. The quantitative estimate of drug-likeness (QED) is 0.453. The molecule has 0 saturated carbocycles. The maximum Gasteiger partial charge on any atom is 0.573 e. The minimum absolute atomic E-state index is 0.103. The highest BCUT2D eigenvalue weighted by atomic mass is 19.4. The molecule has 31 heavy (non-hydrogen) atoms. The van der Waals surface area contributed by atoms with Crippen LogP contribution in [0.1, 0.15) is 13.8 Å². The Morgan fingerprint density at radius 2 is 1.74 bits per heavy atom. The van der Waals surface area contributed by atoms with Gasteiger partial charge in [-0.2, -0.15) is 4.98 Å². The van der Waals surface area contributed by atoms with Crippen molar-refractivity contribution in [1.29, 1.82) is 0 Å². The molecule has 0 aliphatic rings. The van der Waals surface area contributed by atoms with Crippen LogP contribution >= 0.6 is 0 Å². The van der Waals surface area contributed by atoms with E-state index in [1.54, 1.807) is 12.1 Å². The van der Waals surface area contributed by atoms with Gasteiger partial charge in [-0.25, -0.2) is 4.98 Å². The number of alkyl halides is 3. The lowest BCUT2D eigenvalue weighted by molar-refractivity contribution is -0.274. The molecule has 1 aromatic heterocycles. The average molecular weight is 432 g/mol. The molecule has 0 fully saturated rings. The molecular weight excluding hydrogens is 409 g/mol. The molecule has 0 aliphatic heterocycles. The summed E-state index contributed by atoms with van der Waals surface area (Å²) in [6.45, 7) is 3.76. The number of anilines is 3. The van der Waals surface area contributed by atoms with E-state index < -0.39 is 6.36 Å². The number of ether oxygens (including phenoxy) is 1. The summed E-state index contributed by atoms with van der Waals surface area (Å²) in [5.41, 5.74) is 1.60. The van der Waals surface area contributed by atoms with Crippen molar-refractivity contribution in [2.24, 2.45) is 5.92 Å². The molecule has 2 aromatic carbocycles. The highest BCUT2D eigenvalue weighted by Crippen LogP contribution is 2.29. The molecule has 3 aromatic rings. The maximum atomic E-state index is 12.6. The standard InChI is InChI=1S/C22H23F3N4O2/c1-14(2)19(13-30)28-21-27-18(12-20(29-21)26-16-8-4-3-5-9-16)15-7-6-10-17(11-15)31-22(23,24)25/h3-12,14,19,30H,13H2,1-2H3,(H2,26,27,28,29)/t19-/m0/s1. The van der Waals surface area contributed by atoms with Crippen molar-refractivity contribution in [3.63, 3.8) is 0 Å². The number of aliphatic hydroxyl groups excluding tert-OH is 1. The number of aromatic nitrogens is 2. The van der Waals surface area contributed by atoms with Gasteiger partial charge in [-0.3, -0.25) is 0 Å². The van der Waals surface area contributed by atoms with Gasteiger partial charge >= 0.3 is 6.36 Å². The summed E-state index contributed by atoms with van der Waals surface area (Å²) >= 11 is 0. The third-order valence-electron chi connectivity index (χ3n) is 4.45. The Balaban J connectivity index is 1.99. The van der Waals surface area contributed by atoms with Gasteiger partial charge in [0.25, 0.3) is 0 Å². The Morgan fingerprint density at radius 3 is 2.39 bits per heavy atom. The Bertz CT molecular complexity index is 998. The summed E-state index contributed by atoms with van der Waals surface area (Å²) in [4.78, 5) is 8.89. The highest BCUT2D eigenvalue weighted by Gasteiger charge is 2.31. The van der Waals surface area contributed by atoms with Crippen LogP contribution in [0.5, 0.6) is 5.75 Å². The lowest BCUT2D eigenvalue weighted by Gasteiger charge is -2.21. The molecule has 3 N–H and O–H groups in total. The second-order valence-electron chi connectivity index (χ2n) is 7.21. The van der Waals surface area contributed by atoms with Gasteiger partial charge in [0.1, 0.15) is 11.6 Å². The van der Waals surface area contributed by atoms with E-state index in [0.29, 0.717) is 17.1 Å². The number of rotatable bonds is 8. The van der Waals surface area contributed by atoms with E-state index in [0.717, 1.165) is 5.69 Å². The first kappa shape index (κ1) is 22.4. The fourth-order valence-corrected chi connectivity index (χ4v) is 2.83. The van der Waals surface area contributed by atoms with Crippen LogP contribution < -0.4 is 15.4 Å². The maximum absolute atomic E-state index is 12.6. The smallest absolute Gasteiger partial charge is 0.406 e. The molecule has 0 radical (unpaired) electrons. The number of hydrogen-bond donors (Lipinski definition) is 3. The number of hydrogen-bond acceptors (Lipinski definition) is 6. The van der Waals surface area contributed by atoms with Crippen LogP contribution in [0, 0.1) is 5.92 Å². The van der Waals surface area contributed by atoms with Crippen LogP contribution in [-0.2, 0) is 0 Å². The predicted molar refractivity (Wildman–Crippen MR) is 113 cm³/mol. The normalized spacial score (nSPS) is 12.5. The second kappa shape index (κ2) is 9.65. The van der Waals surface area contributed by atoms with Crippen LogP contribution in [0.15, 0.2) is 60.7 Å². The molecule has 0 unspecified atom stereocenters.